The van der Waals surface area contributed by atoms with Gasteiger partial charge in [0, 0.05) is 18.5 Å². The lowest BCUT2D eigenvalue weighted by molar-refractivity contribution is -0.115. The number of H-pyrrole nitrogens is 1. The molecule has 0 radical (unpaired) electrons. The fourth-order valence-corrected chi connectivity index (χ4v) is 5.44. The average Bonchev–Trinajstić information content (AvgIpc) is 3.44. The predicted molar refractivity (Wildman–Crippen MR) is 114 cm³/mol. The molecular weight excluding hydrogens is 420 g/mol. The van der Waals surface area contributed by atoms with Gasteiger partial charge in [-0.2, -0.15) is 9.40 Å². The molecule has 0 aliphatic carbocycles. The standard InChI is InChI=1S/C21H22N4O5S/c26-20(12-14-3-6-18-19(11-14)30-10-9-29-18)22-21-16-5-4-15(13-17(16)23-24-21)31(27,28)25-7-1-2-8-25/h3-6,11,13H,1-2,7-10,12H2,(H2,22,23,24,26). The first-order chi connectivity index (χ1) is 15.0. The van der Waals surface area contributed by atoms with E-state index in [1.54, 1.807) is 30.3 Å². The monoisotopic (exact) mass is 442 g/mol. The third kappa shape index (κ3) is 3.84. The molecule has 3 heterocycles. The topological polar surface area (TPSA) is 114 Å². The van der Waals surface area contributed by atoms with E-state index in [1.807, 2.05) is 6.07 Å². The number of sulfonamides is 1. The molecule has 31 heavy (non-hydrogen) atoms. The minimum atomic E-state index is -3.52. The summed E-state index contributed by atoms with van der Waals surface area (Å²) in [6, 6.07) is 10.2. The molecule has 2 aromatic carbocycles. The van der Waals surface area contributed by atoms with Gasteiger partial charge < -0.3 is 14.8 Å². The molecule has 10 heteroatoms. The highest BCUT2D eigenvalue weighted by Crippen LogP contribution is 2.31. The van der Waals surface area contributed by atoms with E-state index in [4.69, 9.17) is 9.47 Å². The Bertz CT molecular complexity index is 1250. The molecule has 5 rings (SSSR count). The zero-order valence-electron chi connectivity index (χ0n) is 16.8. The SMILES string of the molecule is O=C(Cc1ccc2c(c1)OCCO2)Nc1n[nH]c2cc(S(=O)(=O)N3CCCC3)ccc12. The van der Waals surface area contributed by atoms with E-state index in [-0.39, 0.29) is 17.2 Å². The zero-order valence-corrected chi connectivity index (χ0v) is 17.6. The molecule has 9 nitrogen and oxygen atoms in total. The summed E-state index contributed by atoms with van der Waals surface area (Å²) in [5, 5.41) is 10.4. The second kappa shape index (κ2) is 7.86. The summed E-state index contributed by atoms with van der Waals surface area (Å²) in [5.41, 5.74) is 1.34. The zero-order chi connectivity index (χ0) is 21.4. The molecule has 3 aromatic rings. The molecule has 0 bridgehead atoms. The Morgan fingerprint density at radius 1 is 1.06 bits per heavy atom. The Hall–Kier alpha value is -3.11. The van der Waals surface area contributed by atoms with Gasteiger partial charge in [-0.25, -0.2) is 8.42 Å². The number of aromatic nitrogens is 2. The van der Waals surface area contributed by atoms with Gasteiger partial charge in [-0.05, 0) is 48.7 Å². The van der Waals surface area contributed by atoms with Gasteiger partial charge in [0.2, 0.25) is 15.9 Å². The van der Waals surface area contributed by atoms with E-state index in [0.29, 0.717) is 54.5 Å². The number of hydrogen-bond donors (Lipinski definition) is 2. The van der Waals surface area contributed by atoms with Crippen LogP contribution >= 0.6 is 0 Å². The number of nitrogens with zero attached hydrogens (tertiary/aromatic N) is 2. The highest BCUT2D eigenvalue weighted by molar-refractivity contribution is 7.89. The van der Waals surface area contributed by atoms with Crippen LogP contribution in [0.3, 0.4) is 0 Å². The van der Waals surface area contributed by atoms with Crippen molar-refractivity contribution in [3.05, 3.63) is 42.0 Å². The number of rotatable bonds is 5. The van der Waals surface area contributed by atoms with Crippen molar-refractivity contribution >= 4 is 32.7 Å². The Labute approximate surface area is 179 Å². The van der Waals surface area contributed by atoms with Gasteiger partial charge in [-0.15, -0.1) is 0 Å². The van der Waals surface area contributed by atoms with Crippen molar-refractivity contribution in [3.63, 3.8) is 0 Å². The van der Waals surface area contributed by atoms with Crippen molar-refractivity contribution in [1.29, 1.82) is 0 Å². The summed E-state index contributed by atoms with van der Waals surface area (Å²) in [6.07, 6.45) is 1.91. The van der Waals surface area contributed by atoms with Gasteiger partial charge >= 0.3 is 0 Å². The van der Waals surface area contributed by atoms with E-state index in [1.165, 1.54) is 4.31 Å². The number of anilines is 1. The molecule has 0 saturated carbocycles. The highest BCUT2D eigenvalue weighted by Gasteiger charge is 2.27. The van der Waals surface area contributed by atoms with Crippen molar-refractivity contribution in [2.45, 2.75) is 24.2 Å². The Balaban J connectivity index is 1.32. The Morgan fingerprint density at radius 2 is 1.84 bits per heavy atom. The second-order valence-corrected chi connectivity index (χ2v) is 9.53. The molecule has 1 amide bonds. The van der Waals surface area contributed by atoms with E-state index in [9.17, 15) is 13.2 Å². The Kier molecular flexibility index (Phi) is 5.03. The average molecular weight is 442 g/mol. The first-order valence-electron chi connectivity index (χ1n) is 10.2. The van der Waals surface area contributed by atoms with Crippen LogP contribution in [-0.4, -0.2) is 55.1 Å². The van der Waals surface area contributed by atoms with Gasteiger partial charge in [0.1, 0.15) is 13.2 Å². The van der Waals surface area contributed by atoms with Crippen LogP contribution in [0, 0.1) is 0 Å². The van der Waals surface area contributed by atoms with Crippen molar-refractivity contribution in [3.8, 4) is 11.5 Å². The van der Waals surface area contributed by atoms with E-state index >= 15 is 0 Å². The summed E-state index contributed by atoms with van der Waals surface area (Å²) >= 11 is 0. The maximum absolute atomic E-state index is 12.8. The van der Waals surface area contributed by atoms with Crippen LogP contribution < -0.4 is 14.8 Å². The number of carbonyl (C=O) groups is 1. The van der Waals surface area contributed by atoms with Gasteiger partial charge in [0.05, 0.1) is 16.8 Å². The van der Waals surface area contributed by atoms with Crippen LogP contribution in [0.5, 0.6) is 11.5 Å². The van der Waals surface area contributed by atoms with Crippen LogP contribution in [0.1, 0.15) is 18.4 Å². The summed E-state index contributed by atoms with van der Waals surface area (Å²) in [4.78, 5) is 12.8. The van der Waals surface area contributed by atoms with Gasteiger partial charge in [-0.3, -0.25) is 9.89 Å². The fourth-order valence-electron chi connectivity index (χ4n) is 3.89. The fraction of sp³-hybridized carbons (Fsp3) is 0.333. The molecule has 0 spiro atoms. The summed E-state index contributed by atoms with van der Waals surface area (Å²) in [6.45, 7) is 2.09. The minimum Gasteiger partial charge on any atom is -0.486 e. The van der Waals surface area contributed by atoms with E-state index in [0.717, 1.165) is 18.4 Å². The maximum atomic E-state index is 12.8. The van der Waals surface area contributed by atoms with Crippen molar-refractivity contribution in [2.24, 2.45) is 0 Å². The third-order valence-corrected chi connectivity index (χ3v) is 7.36. The number of nitrogens with one attached hydrogen (secondary N) is 2. The number of aromatic amines is 1. The van der Waals surface area contributed by atoms with Crippen LogP contribution in [0.2, 0.25) is 0 Å². The molecule has 0 unspecified atom stereocenters. The number of carbonyl (C=O) groups excluding carboxylic acids is 1. The quantitative estimate of drug-likeness (QED) is 0.627. The normalized spacial score (nSPS) is 16.5. The highest BCUT2D eigenvalue weighted by atomic mass is 32.2. The smallest absolute Gasteiger partial charge is 0.243 e. The molecule has 162 valence electrons. The third-order valence-electron chi connectivity index (χ3n) is 5.47. The van der Waals surface area contributed by atoms with Crippen molar-refractivity contribution in [2.75, 3.05) is 31.6 Å². The first kappa shape index (κ1) is 19.8. The molecule has 1 saturated heterocycles. The number of amides is 1. The number of fused-ring (bicyclic) bond motifs is 2. The number of benzene rings is 2. The molecule has 2 aliphatic heterocycles. The molecule has 2 aliphatic rings. The second-order valence-electron chi connectivity index (χ2n) is 7.59. The summed E-state index contributed by atoms with van der Waals surface area (Å²) in [5.74, 6) is 1.43. The first-order valence-corrected chi connectivity index (χ1v) is 11.6. The molecule has 0 atom stereocenters. The number of hydrogen-bond acceptors (Lipinski definition) is 6. The van der Waals surface area contributed by atoms with Crippen LogP contribution in [0.15, 0.2) is 41.3 Å². The lowest BCUT2D eigenvalue weighted by atomic mass is 10.1. The van der Waals surface area contributed by atoms with Crippen LogP contribution in [0.4, 0.5) is 5.82 Å². The van der Waals surface area contributed by atoms with E-state index in [2.05, 4.69) is 15.5 Å². The van der Waals surface area contributed by atoms with Crippen LogP contribution in [0.25, 0.3) is 10.9 Å². The maximum Gasteiger partial charge on any atom is 0.243 e. The predicted octanol–water partition coefficient (Wildman–Crippen LogP) is 2.30. The van der Waals surface area contributed by atoms with E-state index < -0.39 is 10.0 Å². The minimum absolute atomic E-state index is 0.145. The number of ether oxygens (including phenoxy) is 2. The molecular formula is C21H22N4O5S. The summed E-state index contributed by atoms with van der Waals surface area (Å²) in [7, 11) is -3.52. The lowest BCUT2D eigenvalue weighted by Crippen LogP contribution is -2.27. The lowest BCUT2D eigenvalue weighted by Gasteiger charge is -2.18. The summed E-state index contributed by atoms with van der Waals surface area (Å²) < 4.78 is 38.1. The molecule has 2 N–H and O–H groups in total. The molecule has 1 fully saturated rings. The van der Waals surface area contributed by atoms with Crippen molar-refractivity contribution < 1.29 is 22.7 Å². The molecule has 1 aromatic heterocycles. The van der Waals surface area contributed by atoms with Crippen LogP contribution in [-0.2, 0) is 21.2 Å². The van der Waals surface area contributed by atoms with Gasteiger partial charge in [0.25, 0.3) is 0 Å². The van der Waals surface area contributed by atoms with Gasteiger partial charge in [0.15, 0.2) is 17.3 Å². The Morgan fingerprint density at radius 3 is 2.65 bits per heavy atom. The van der Waals surface area contributed by atoms with Crippen molar-refractivity contribution in [1.82, 2.24) is 14.5 Å². The van der Waals surface area contributed by atoms with Gasteiger partial charge in [-0.1, -0.05) is 6.07 Å². The largest absolute Gasteiger partial charge is 0.486 e.